The minimum atomic E-state index is -0.673. The van der Waals surface area contributed by atoms with E-state index in [-0.39, 0.29) is 18.1 Å². The van der Waals surface area contributed by atoms with Gasteiger partial charge in [-0.2, -0.15) is 0 Å². The molecule has 1 aromatic carbocycles. The van der Waals surface area contributed by atoms with E-state index in [2.05, 4.69) is 5.32 Å². The largest absolute Gasteiger partial charge is 0.444 e. The molecule has 5 heteroatoms. The number of ketones is 1. The Hall–Kier alpha value is -2.17. The maximum absolute atomic E-state index is 12.6. The van der Waals surface area contributed by atoms with Crippen LogP contribution >= 0.6 is 0 Å². The lowest BCUT2D eigenvalue weighted by atomic mass is 9.90. The van der Waals surface area contributed by atoms with Gasteiger partial charge in [0.25, 0.3) is 0 Å². The first kappa shape index (κ1) is 20.9. The first-order valence-corrected chi connectivity index (χ1v) is 8.64. The Balaban J connectivity index is 2.71. The molecular weight excluding hydrogens is 318 g/mol. The number of alkyl carbamates (subject to hydrolysis) is 1. The molecule has 0 saturated carbocycles. The van der Waals surface area contributed by atoms with E-state index in [9.17, 15) is 14.4 Å². The molecule has 0 aliphatic carbocycles. The Morgan fingerprint density at radius 2 is 1.76 bits per heavy atom. The number of carbonyl (C=O) groups excluding carboxylic acids is 3. The second-order valence-electron chi connectivity index (χ2n) is 7.62. The number of hydrogen-bond donors (Lipinski definition) is 1. The van der Waals surface area contributed by atoms with Crippen LogP contribution in [-0.2, 0) is 20.7 Å². The third kappa shape index (κ3) is 7.96. The highest BCUT2D eigenvalue weighted by Gasteiger charge is 2.28. The van der Waals surface area contributed by atoms with E-state index >= 15 is 0 Å². The first-order chi connectivity index (χ1) is 11.6. The number of rotatable bonds is 8. The van der Waals surface area contributed by atoms with Gasteiger partial charge in [0.1, 0.15) is 11.9 Å². The van der Waals surface area contributed by atoms with Gasteiger partial charge in [-0.05, 0) is 38.7 Å². The van der Waals surface area contributed by atoms with Crippen molar-refractivity contribution in [2.45, 2.75) is 59.1 Å². The fourth-order valence-electron chi connectivity index (χ4n) is 2.52. The Morgan fingerprint density at radius 3 is 2.24 bits per heavy atom. The van der Waals surface area contributed by atoms with Gasteiger partial charge < -0.3 is 14.8 Å². The van der Waals surface area contributed by atoms with Gasteiger partial charge in [-0.1, -0.05) is 44.2 Å². The summed E-state index contributed by atoms with van der Waals surface area (Å²) in [5.41, 5.74) is 0.376. The fraction of sp³-hybridized carbons (Fsp3) is 0.550. The zero-order valence-electron chi connectivity index (χ0n) is 15.7. The predicted molar refractivity (Wildman–Crippen MR) is 97.3 cm³/mol. The van der Waals surface area contributed by atoms with Crippen LogP contribution in [0.3, 0.4) is 0 Å². The maximum Gasteiger partial charge on any atom is 0.408 e. The van der Waals surface area contributed by atoms with E-state index < -0.39 is 23.7 Å². The van der Waals surface area contributed by atoms with Crippen LogP contribution in [-0.4, -0.2) is 29.8 Å². The molecule has 0 radical (unpaired) electrons. The quantitative estimate of drug-likeness (QED) is 0.730. The summed E-state index contributed by atoms with van der Waals surface area (Å²) in [5.74, 6) is -0.658. The van der Waals surface area contributed by atoms with E-state index in [4.69, 9.17) is 4.74 Å². The first-order valence-electron chi connectivity index (χ1n) is 8.64. The van der Waals surface area contributed by atoms with Gasteiger partial charge >= 0.3 is 6.09 Å². The lowest BCUT2D eigenvalue weighted by Crippen LogP contribution is -2.47. The molecule has 2 unspecified atom stereocenters. The number of Topliss-reactive ketones (excluding diaryl/α,β-unsaturated/α-hetero) is 1. The monoisotopic (exact) mass is 347 g/mol. The Kier molecular flexibility index (Phi) is 7.81. The molecule has 0 aliphatic rings. The number of aldehydes is 1. The molecule has 2 atom stereocenters. The lowest BCUT2D eigenvalue weighted by molar-refractivity contribution is -0.125. The molecule has 1 rings (SSSR count). The van der Waals surface area contributed by atoms with E-state index in [0.29, 0.717) is 6.42 Å². The van der Waals surface area contributed by atoms with Crippen LogP contribution in [0.1, 0.15) is 46.6 Å². The number of amides is 1. The minimum Gasteiger partial charge on any atom is -0.444 e. The molecule has 5 nitrogen and oxygen atoms in total. The summed E-state index contributed by atoms with van der Waals surface area (Å²) in [6.45, 7) is 9.00. The van der Waals surface area contributed by atoms with Crippen LogP contribution in [0.2, 0.25) is 0 Å². The van der Waals surface area contributed by atoms with Gasteiger partial charge in [0.2, 0.25) is 0 Å². The summed E-state index contributed by atoms with van der Waals surface area (Å²) < 4.78 is 5.22. The Labute approximate surface area is 150 Å². The van der Waals surface area contributed by atoms with E-state index in [1.165, 1.54) is 0 Å². The molecule has 1 aromatic rings. The predicted octanol–water partition coefficient (Wildman–Crippen LogP) is 3.55. The van der Waals surface area contributed by atoms with E-state index in [1.807, 2.05) is 44.2 Å². The van der Waals surface area contributed by atoms with Crippen LogP contribution in [0.25, 0.3) is 0 Å². The average Bonchev–Trinajstić information content (AvgIpc) is 2.50. The van der Waals surface area contributed by atoms with Crippen LogP contribution in [0.15, 0.2) is 30.3 Å². The standard InChI is InChI=1S/C20H29NO4/c1-14(2)18(21-19(24)25-20(3,4)5)17(23)12-16(13-22)11-15-9-7-6-8-10-15/h6-10,13-14,16,18H,11-12H2,1-5H3,(H,21,24). The van der Waals surface area contributed by atoms with Crippen molar-refractivity contribution in [3.05, 3.63) is 35.9 Å². The average molecular weight is 347 g/mol. The molecule has 0 bridgehead atoms. The zero-order chi connectivity index (χ0) is 19.0. The maximum atomic E-state index is 12.6. The zero-order valence-corrected chi connectivity index (χ0v) is 15.7. The number of ether oxygens (including phenoxy) is 1. The van der Waals surface area contributed by atoms with Gasteiger partial charge in [0.05, 0.1) is 6.04 Å². The molecule has 0 aliphatic heterocycles. The summed E-state index contributed by atoms with van der Waals surface area (Å²) in [5, 5.41) is 2.64. The smallest absolute Gasteiger partial charge is 0.408 e. The number of hydrogen-bond acceptors (Lipinski definition) is 4. The molecule has 0 aromatic heterocycles. The molecule has 0 heterocycles. The van der Waals surface area contributed by atoms with Crippen molar-refractivity contribution in [1.29, 1.82) is 0 Å². The summed E-state index contributed by atoms with van der Waals surface area (Å²) in [7, 11) is 0. The highest BCUT2D eigenvalue weighted by Crippen LogP contribution is 2.15. The van der Waals surface area contributed by atoms with Gasteiger partial charge in [0, 0.05) is 12.3 Å². The minimum absolute atomic E-state index is 0.0935. The van der Waals surface area contributed by atoms with Crippen molar-refractivity contribution in [2.75, 3.05) is 0 Å². The van der Waals surface area contributed by atoms with Crippen LogP contribution in [0.5, 0.6) is 0 Å². The van der Waals surface area contributed by atoms with Crippen molar-refractivity contribution in [2.24, 2.45) is 11.8 Å². The van der Waals surface area contributed by atoms with Crippen molar-refractivity contribution < 1.29 is 19.1 Å². The third-order valence-corrected chi connectivity index (χ3v) is 3.68. The van der Waals surface area contributed by atoms with Gasteiger partial charge in [-0.3, -0.25) is 4.79 Å². The van der Waals surface area contributed by atoms with Crippen molar-refractivity contribution >= 4 is 18.2 Å². The second kappa shape index (κ2) is 9.35. The molecule has 0 spiro atoms. The highest BCUT2D eigenvalue weighted by molar-refractivity contribution is 5.89. The fourth-order valence-corrected chi connectivity index (χ4v) is 2.52. The normalized spacial score (nSPS) is 13.8. The molecule has 1 amide bonds. The third-order valence-electron chi connectivity index (χ3n) is 3.68. The molecule has 0 saturated heterocycles. The molecule has 25 heavy (non-hydrogen) atoms. The van der Waals surface area contributed by atoms with Gasteiger partial charge in [0.15, 0.2) is 5.78 Å². The Bertz CT molecular complexity index is 575. The van der Waals surface area contributed by atoms with Crippen molar-refractivity contribution in [1.82, 2.24) is 5.32 Å². The molecule has 0 fully saturated rings. The second-order valence-corrected chi connectivity index (χ2v) is 7.62. The Morgan fingerprint density at radius 1 is 1.16 bits per heavy atom. The van der Waals surface area contributed by atoms with Crippen LogP contribution in [0.4, 0.5) is 4.79 Å². The van der Waals surface area contributed by atoms with Crippen molar-refractivity contribution in [3.8, 4) is 0 Å². The van der Waals surface area contributed by atoms with Crippen molar-refractivity contribution in [3.63, 3.8) is 0 Å². The molecule has 138 valence electrons. The number of nitrogens with one attached hydrogen (secondary N) is 1. The molecular formula is C20H29NO4. The summed E-state index contributed by atoms with van der Waals surface area (Å²) in [4.78, 5) is 36.0. The lowest BCUT2D eigenvalue weighted by Gasteiger charge is -2.25. The summed E-state index contributed by atoms with van der Waals surface area (Å²) in [6.07, 6.45) is 0.797. The summed E-state index contributed by atoms with van der Waals surface area (Å²) >= 11 is 0. The van der Waals surface area contributed by atoms with Gasteiger partial charge in [-0.15, -0.1) is 0 Å². The number of carbonyl (C=O) groups is 3. The summed E-state index contributed by atoms with van der Waals surface area (Å²) in [6, 6.07) is 8.90. The van der Waals surface area contributed by atoms with E-state index in [0.717, 1.165) is 11.8 Å². The highest BCUT2D eigenvalue weighted by atomic mass is 16.6. The van der Waals surface area contributed by atoms with Crippen LogP contribution < -0.4 is 5.32 Å². The SMILES string of the molecule is CC(C)C(NC(=O)OC(C)(C)C)C(=O)CC(C=O)Cc1ccccc1. The van der Waals surface area contributed by atoms with Gasteiger partial charge in [-0.25, -0.2) is 4.79 Å². The molecule has 1 N–H and O–H groups in total. The topological polar surface area (TPSA) is 72.5 Å². The van der Waals surface area contributed by atoms with Crippen LogP contribution in [0, 0.1) is 11.8 Å². The van der Waals surface area contributed by atoms with E-state index in [1.54, 1.807) is 20.8 Å². The number of benzene rings is 1.